The lowest BCUT2D eigenvalue weighted by atomic mass is 9.96. The third kappa shape index (κ3) is 6.06. The minimum atomic E-state index is 0.578. The summed E-state index contributed by atoms with van der Waals surface area (Å²) in [5.41, 5.74) is 12.1. The second-order valence-electron chi connectivity index (χ2n) is 17.5. The summed E-state index contributed by atoms with van der Waals surface area (Å²) in [5, 5.41) is 11.4. The molecule has 0 saturated heterocycles. The smallest absolute Gasteiger partial charge is 0.164 e. The summed E-state index contributed by atoms with van der Waals surface area (Å²) in [4.78, 5) is 15.7. The fraction of sp³-hybridized carbons (Fsp3) is 0. The van der Waals surface area contributed by atoms with Crippen LogP contribution in [0.4, 0.5) is 0 Å². The van der Waals surface area contributed by atoms with E-state index in [1.54, 1.807) is 0 Å². The lowest BCUT2D eigenvalue weighted by Gasteiger charge is -2.16. The van der Waals surface area contributed by atoms with Crippen molar-refractivity contribution >= 4 is 76.1 Å². The van der Waals surface area contributed by atoms with E-state index in [2.05, 4.69) is 211 Å². The summed E-state index contributed by atoms with van der Waals surface area (Å²) in [6, 6.07) is 81.8. The van der Waals surface area contributed by atoms with E-state index in [0.29, 0.717) is 17.5 Å². The van der Waals surface area contributed by atoms with Gasteiger partial charge in [0.1, 0.15) is 11.2 Å². The molecule has 0 atom stereocenters. The van der Waals surface area contributed by atoms with E-state index in [4.69, 9.17) is 19.4 Å². The van der Waals surface area contributed by atoms with Crippen LogP contribution in [0.3, 0.4) is 0 Å². The Balaban J connectivity index is 1.06. The first-order chi connectivity index (χ1) is 33.7. The molecule has 68 heavy (non-hydrogen) atoms. The van der Waals surface area contributed by atoms with E-state index in [1.165, 1.54) is 37.9 Å². The molecule has 0 fully saturated rings. The zero-order valence-electron chi connectivity index (χ0n) is 36.6. The Morgan fingerprint density at radius 1 is 0.294 bits per heavy atom. The summed E-state index contributed by atoms with van der Waals surface area (Å²) < 4.78 is 9.44. The molecule has 3 heterocycles. The molecular weight excluding hydrogens is 829 g/mol. The molecule has 316 valence electrons. The molecule has 0 aliphatic carbocycles. The van der Waals surface area contributed by atoms with Crippen LogP contribution in [-0.2, 0) is 0 Å². The standard InChI is InChI=1S/C63H38N4O/c1-3-15-39(16-4-1)40-29-31-43(32-30-40)51-37-53-58(38-56(51)67-54-34-33-42-18-10-12-25-48(42)59(54)52-35-45-21-7-8-22-46(45)36-55(52)67)68-57-28-14-27-50(60(53)57)63-65-61(44-19-5-2-6-20-44)64-62(66-63)49-26-13-23-41-17-9-11-24-47(41)49/h1-38H. The maximum atomic E-state index is 6.99. The van der Waals surface area contributed by atoms with Gasteiger partial charge in [-0.1, -0.05) is 194 Å². The van der Waals surface area contributed by atoms with Crippen LogP contribution >= 0.6 is 0 Å². The zero-order chi connectivity index (χ0) is 44.7. The van der Waals surface area contributed by atoms with E-state index in [1.807, 2.05) is 24.3 Å². The van der Waals surface area contributed by atoms with Crippen molar-refractivity contribution in [2.45, 2.75) is 0 Å². The van der Waals surface area contributed by atoms with Crippen molar-refractivity contribution in [1.29, 1.82) is 0 Å². The molecule has 14 rings (SSSR count). The maximum Gasteiger partial charge on any atom is 0.164 e. The predicted molar refractivity (Wildman–Crippen MR) is 281 cm³/mol. The van der Waals surface area contributed by atoms with Gasteiger partial charge in [-0.2, -0.15) is 0 Å². The third-order valence-electron chi connectivity index (χ3n) is 13.6. The fourth-order valence-electron chi connectivity index (χ4n) is 10.4. The minimum absolute atomic E-state index is 0.578. The van der Waals surface area contributed by atoms with Crippen molar-refractivity contribution < 1.29 is 4.42 Å². The molecule has 11 aromatic carbocycles. The molecule has 0 saturated carbocycles. The molecule has 0 spiro atoms. The molecule has 0 aliphatic heterocycles. The molecule has 5 nitrogen and oxygen atoms in total. The summed E-state index contributed by atoms with van der Waals surface area (Å²) in [7, 11) is 0. The predicted octanol–water partition coefficient (Wildman–Crippen LogP) is 16.7. The zero-order valence-corrected chi connectivity index (χ0v) is 36.6. The second kappa shape index (κ2) is 15.2. The number of aromatic nitrogens is 4. The summed E-state index contributed by atoms with van der Waals surface area (Å²) in [6.07, 6.45) is 0. The lowest BCUT2D eigenvalue weighted by molar-refractivity contribution is 0.668. The first-order valence-electron chi connectivity index (χ1n) is 23.0. The van der Waals surface area contributed by atoms with Crippen molar-refractivity contribution in [1.82, 2.24) is 19.5 Å². The van der Waals surface area contributed by atoms with Gasteiger partial charge in [0.25, 0.3) is 0 Å². The Bertz CT molecular complexity index is 4300. The highest BCUT2D eigenvalue weighted by molar-refractivity contribution is 6.24. The summed E-state index contributed by atoms with van der Waals surface area (Å²) >= 11 is 0. The van der Waals surface area contributed by atoms with Crippen LogP contribution in [-0.4, -0.2) is 19.5 Å². The topological polar surface area (TPSA) is 56.7 Å². The van der Waals surface area contributed by atoms with Gasteiger partial charge in [-0.3, -0.25) is 0 Å². The van der Waals surface area contributed by atoms with Crippen molar-refractivity contribution in [3.8, 4) is 62.1 Å². The molecule has 0 bridgehead atoms. The van der Waals surface area contributed by atoms with E-state index in [0.717, 1.165) is 82.8 Å². The quantitative estimate of drug-likeness (QED) is 0.167. The van der Waals surface area contributed by atoms with Gasteiger partial charge in [0, 0.05) is 49.9 Å². The van der Waals surface area contributed by atoms with E-state index >= 15 is 0 Å². The molecule has 0 unspecified atom stereocenters. The van der Waals surface area contributed by atoms with Crippen molar-refractivity contribution in [2.24, 2.45) is 0 Å². The van der Waals surface area contributed by atoms with Crippen molar-refractivity contribution in [2.75, 3.05) is 0 Å². The molecule has 0 amide bonds. The van der Waals surface area contributed by atoms with E-state index in [9.17, 15) is 0 Å². The largest absolute Gasteiger partial charge is 0.456 e. The Labute approximate surface area is 390 Å². The van der Waals surface area contributed by atoms with Crippen LogP contribution < -0.4 is 0 Å². The molecule has 3 aromatic heterocycles. The number of fused-ring (bicyclic) bond motifs is 10. The highest BCUT2D eigenvalue weighted by atomic mass is 16.3. The summed E-state index contributed by atoms with van der Waals surface area (Å²) in [5.74, 6) is 1.80. The van der Waals surface area contributed by atoms with Gasteiger partial charge in [0.15, 0.2) is 17.5 Å². The number of benzene rings is 11. The van der Waals surface area contributed by atoms with Crippen LogP contribution in [0.15, 0.2) is 235 Å². The minimum Gasteiger partial charge on any atom is -0.456 e. The van der Waals surface area contributed by atoms with Gasteiger partial charge in [0.05, 0.1) is 16.7 Å². The van der Waals surface area contributed by atoms with Crippen LogP contribution in [0.25, 0.3) is 138 Å². The highest BCUT2D eigenvalue weighted by Gasteiger charge is 2.24. The average Bonchev–Trinajstić information content (AvgIpc) is 3.95. The van der Waals surface area contributed by atoms with Crippen LogP contribution in [0.1, 0.15) is 0 Å². The molecule has 14 aromatic rings. The van der Waals surface area contributed by atoms with Gasteiger partial charge in [-0.25, -0.2) is 15.0 Å². The molecule has 5 heteroatoms. The molecular formula is C63H38N4O. The van der Waals surface area contributed by atoms with E-state index in [-0.39, 0.29) is 0 Å². The molecule has 0 N–H and O–H groups in total. The van der Waals surface area contributed by atoms with E-state index < -0.39 is 0 Å². The Kier molecular flexibility index (Phi) is 8.52. The highest BCUT2D eigenvalue weighted by Crippen LogP contribution is 2.45. The number of furan rings is 1. The lowest BCUT2D eigenvalue weighted by Crippen LogP contribution is -2.01. The monoisotopic (exact) mass is 866 g/mol. The second-order valence-corrected chi connectivity index (χ2v) is 17.5. The molecule has 0 radical (unpaired) electrons. The number of hydrogen-bond donors (Lipinski definition) is 0. The van der Waals surface area contributed by atoms with Gasteiger partial charge in [-0.15, -0.1) is 0 Å². The van der Waals surface area contributed by atoms with Gasteiger partial charge >= 0.3 is 0 Å². The number of hydrogen-bond acceptors (Lipinski definition) is 4. The van der Waals surface area contributed by atoms with Crippen LogP contribution in [0.5, 0.6) is 0 Å². The fourth-order valence-corrected chi connectivity index (χ4v) is 10.4. The van der Waals surface area contributed by atoms with Crippen molar-refractivity contribution in [3.63, 3.8) is 0 Å². The van der Waals surface area contributed by atoms with Gasteiger partial charge in [-0.05, 0) is 79.3 Å². The summed E-state index contributed by atoms with van der Waals surface area (Å²) in [6.45, 7) is 0. The Hall–Kier alpha value is -9.19. The Morgan fingerprint density at radius 3 is 1.65 bits per heavy atom. The van der Waals surface area contributed by atoms with Crippen LogP contribution in [0.2, 0.25) is 0 Å². The first kappa shape index (κ1) is 38.1. The first-order valence-corrected chi connectivity index (χ1v) is 23.0. The molecule has 0 aliphatic rings. The van der Waals surface area contributed by atoms with Gasteiger partial charge < -0.3 is 8.98 Å². The van der Waals surface area contributed by atoms with Crippen molar-refractivity contribution in [3.05, 3.63) is 231 Å². The average molecular weight is 867 g/mol. The van der Waals surface area contributed by atoms with Gasteiger partial charge in [0.2, 0.25) is 0 Å². The Morgan fingerprint density at radius 2 is 0.868 bits per heavy atom. The number of rotatable bonds is 6. The third-order valence-corrected chi connectivity index (χ3v) is 13.6. The van der Waals surface area contributed by atoms with Crippen LogP contribution in [0, 0.1) is 0 Å². The SMILES string of the molecule is c1ccc(-c2ccc(-c3cc4c(cc3-n3c5cc6ccccc6cc5c5c6ccccc6ccc53)oc3cccc(-c5nc(-c6ccccc6)nc(-c6cccc7ccccc67)n5)c34)cc2)cc1. The normalized spacial score (nSPS) is 11.8. The number of nitrogens with zero attached hydrogens (tertiary/aromatic N) is 4. The maximum absolute atomic E-state index is 6.99.